The first-order chi connectivity index (χ1) is 12.9. The highest BCUT2D eigenvalue weighted by atomic mass is 16.5. The first-order valence-corrected chi connectivity index (χ1v) is 9.08. The molecular weight excluding hydrogens is 342 g/mol. The van der Waals surface area contributed by atoms with Crippen molar-refractivity contribution in [2.24, 2.45) is 0 Å². The average Bonchev–Trinajstić information content (AvgIpc) is 3.01. The van der Waals surface area contributed by atoms with Gasteiger partial charge in [-0.15, -0.1) is 0 Å². The summed E-state index contributed by atoms with van der Waals surface area (Å²) in [7, 11) is 1.77. The van der Waals surface area contributed by atoms with Crippen LogP contribution < -0.4 is 4.74 Å². The fourth-order valence-corrected chi connectivity index (χ4v) is 2.89. The fraction of sp³-hybridized carbons (Fsp3) is 0.381. The number of hydrogen-bond acceptors (Lipinski definition) is 5. The standard InChI is InChI=1S/C21H25N3O3/c1-13(2)18-12-17(19-15(4)23-27-20(19)22-18)21(25)24(5)9-10-26-16-8-6-7-14(3)11-16/h6-8,11-13H,9-10H2,1-5H3. The lowest BCUT2D eigenvalue weighted by Crippen LogP contribution is -2.31. The maximum atomic E-state index is 13.1. The first-order valence-electron chi connectivity index (χ1n) is 9.08. The van der Waals surface area contributed by atoms with Crippen molar-refractivity contribution in [3.63, 3.8) is 0 Å². The number of pyridine rings is 1. The van der Waals surface area contributed by atoms with Crippen LogP contribution in [0, 0.1) is 13.8 Å². The topological polar surface area (TPSA) is 68.5 Å². The largest absolute Gasteiger partial charge is 0.492 e. The Hall–Kier alpha value is -2.89. The van der Waals surface area contributed by atoms with Crippen LogP contribution in [-0.2, 0) is 0 Å². The summed E-state index contributed by atoms with van der Waals surface area (Å²) in [6, 6.07) is 9.71. The molecule has 0 N–H and O–H groups in total. The van der Waals surface area contributed by atoms with Crippen molar-refractivity contribution in [3.8, 4) is 5.75 Å². The van der Waals surface area contributed by atoms with Gasteiger partial charge in [-0.25, -0.2) is 4.98 Å². The van der Waals surface area contributed by atoms with E-state index in [2.05, 4.69) is 10.1 Å². The Balaban J connectivity index is 1.77. The molecule has 1 aromatic carbocycles. The summed E-state index contributed by atoms with van der Waals surface area (Å²) in [6.45, 7) is 8.79. The zero-order valence-electron chi connectivity index (χ0n) is 16.4. The number of likely N-dealkylation sites (N-methyl/N-ethyl adjacent to an activating group) is 1. The minimum Gasteiger partial charge on any atom is -0.492 e. The summed E-state index contributed by atoms with van der Waals surface area (Å²) >= 11 is 0. The molecule has 2 heterocycles. The van der Waals surface area contributed by atoms with Gasteiger partial charge in [-0.2, -0.15) is 0 Å². The summed E-state index contributed by atoms with van der Waals surface area (Å²) in [6.07, 6.45) is 0. The minimum atomic E-state index is -0.0940. The summed E-state index contributed by atoms with van der Waals surface area (Å²) in [5.74, 6) is 0.892. The van der Waals surface area contributed by atoms with Crippen LogP contribution in [0.5, 0.6) is 5.75 Å². The molecule has 0 saturated heterocycles. The Morgan fingerprint density at radius 1 is 1.26 bits per heavy atom. The van der Waals surface area contributed by atoms with Gasteiger partial charge in [0, 0.05) is 12.7 Å². The second-order valence-electron chi connectivity index (χ2n) is 7.09. The fourth-order valence-electron chi connectivity index (χ4n) is 2.89. The van der Waals surface area contributed by atoms with Crippen LogP contribution in [0.15, 0.2) is 34.9 Å². The molecule has 142 valence electrons. The van der Waals surface area contributed by atoms with Gasteiger partial charge in [-0.1, -0.05) is 31.1 Å². The number of benzene rings is 1. The van der Waals surface area contributed by atoms with E-state index < -0.39 is 0 Å². The van der Waals surface area contributed by atoms with Crippen molar-refractivity contribution in [1.82, 2.24) is 15.0 Å². The number of ether oxygens (including phenoxy) is 1. The Kier molecular flexibility index (Phi) is 5.44. The predicted octanol–water partition coefficient (Wildman–Crippen LogP) is 4.11. The maximum Gasteiger partial charge on any atom is 0.259 e. The van der Waals surface area contributed by atoms with Gasteiger partial charge in [-0.3, -0.25) is 4.79 Å². The number of aryl methyl sites for hydroxylation is 2. The molecule has 0 aliphatic heterocycles. The van der Waals surface area contributed by atoms with Crippen molar-refractivity contribution in [1.29, 1.82) is 0 Å². The van der Waals surface area contributed by atoms with E-state index in [0.29, 0.717) is 35.5 Å². The van der Waals surface area contributed by atoms with Crippen LogP contribution in [0.25, 0.3) is 11.1 Å². The number of aromatic nitrogens is 2. The molecule has 0 radical (unpaired) electrons. The predicted molar refractivity (Wildman–Crippen MR) is 104 cm³/mol. The molecule has 0 aliphatic rings. The number of nitrogens with zero attached hydrogens (tertiary/aromatic N) is 3. The lowest BCUT2D eigenvalue weighted by atomic mass is 10.0. The molecule has 27 heavy (non-hydrogen) atoms. The summed E-state index contributed by atoms with van der Waals surface area (Å²) in [4.78, 5) is 19.2. The summed E-state index contributed by atoms with van der Waals surface area (Å²) in [5, 5.41) is 4.65. The van der Waals surface area contributed by atoms with E-state index in [1.54, 1.807) is 11.9 Å². The van der Waals surface area contributed by atoms with E-state index in [9.17, 15) is 4.79 Å². The highest BCUT2D eigenvalue weighted by Gasteiger charge is 2.22. The minimum absolute atomic E-state index is 0.0940. The zero-order valence-corrected chi connectivity index (χ0v) is 16.4. The van der Waals surface area contributed by atoms with Crippen LogP contribution in [0.1, 0.15) is 47.1 Å². The summed E-state index contributed by atoms with van der Waals surface area (Å²) < 4.78 is 11.1. The Morgan fingerprint density at radius 3 is 2.74 bits per heavy atom. The zero-order chi connectivity index (χ0) is 19.6. The lowest BCUT2D eigenvalue weighted by molar-refractivity contribution is 0.0775. The molecule has 0 saturated carbocycles. The summed E-state index contributed by atoms with van der Waals surface area (Å²) in [5.41, 5.74) is 3.60. The third-order valence-corrected chi connectivity index (χ3v) is 4.49. The number of hydrogen-bond donors (Lipinski definition) is 0. The van der Waals surface area contributed by atoms with E-state index in [4.69, 9.17) is 9.26 Å². The highest BCUT2D eigenvalue weighted by molar-refractivity contribution is 6.05. The molecule has 0 fully saturated rings. The number of carbonyl (C=O) groups is 1. The second-order valence-corrected chi connectivity index (χ2v) is 7.09. The Bertz CT molecular complexity index is 962. The van der Waals surface area contributed by atoms with Crippen LogP contribution in [0.3, 0.4) is 0 Å². The smallest absolute Gasteiger partial charge is 0.259 e. The number of fused-ring (bicyclic) bond motifs is 1. The third-order valence-electron chi connectivity index (χ3n) is 4.49. The second kappa shape index (κ2) is 7.78. The third kappa shape index (κ3) is 4.10. The van der Waals surface area contributed by atoms with Crippen LogP contribution in [0.2, 0.25) is 0 Å². The Labute approximate surface area is 159 Å². The van der Waals surface area contributed by atoms with Gasteiger partial charge < -0.3 is 14.2 Å². The Morgan fingerprint density at radius 2 is 2.04 bits per heavy atom. The average molecular weight is 367 g/mol. The van der Waals surface area contributed by atoms with E-state index in [0.717, 1.165) is 17.0 Å². The van der Waals surface area contributed by atoms with Crippen molar-refractivity contribution >= 4 is 17.0 Å². The normalized spacial score (nSPS) is 11.2. The number of carbonyl (C=O) groups excluding carboxylic acids is 1. The van der Waals surface area contributed by atoms with Crippen LogP contribution in [0.4, 0.5) is 0 Å². The molecule has 2 aromatic heterocycles. The molecule has 3 aromatic rings. The molecule has 0 bridgehead atoms. The first kappa shape index (κ1) is 18.9. The van der Waals surface area contributed by atoms with Crippen LogP contribution >= 0.6 is 0 Å². The van der Waals surface area contributed by atoms with E-state index in [1.165, 1.54) is 0 Å². The molecule has 6 nitrogen and oxygen atoms in total. The molecule has 6 heteroatoms. The van der Waals surface area contributed by atoms with Crippen LogP contribution in [-0.4, -0.2) is 41.1 Å². The van der Waals surface area contributed by atoms with Crippen molar-refractivity contribution in [2.45, 2.75) is 33.6 Å². The number of rotatable bonds is 6. The molecule has 1 amide bonds. The SMILES string of the molecule is Cc1cccc(OCCN(C)C(=O)c2cc(C(C)C)nc3onc(C)c23)c1. The van der Waals surface area contributed by atoms with Crippen molar-refractivity contribution in [2.75, 3.05) is 20.2 Å². The molecule has 3 rings (SSSR count). The molecule has 0 spiro atoms. The van der Waals surface area contributed by atoms with Gasteiger partial charge in [0.05, 0.1) is 23.2 Å². The van der Waals surface area contributed by atoms with E-state index in [1.807, 2.05) is 58.0 Å². The monoisotopic (exact) mass is 367 g/mol. The van der Waals surface area contributed by atoms with Crippen molar-refractivity contribution in [3.05, 3.63) is 52.8 Å². The molecule has 0 atom stereocenters. The maximum absolute atomic E-state index is 13.1. The van der Waals surface area contributed by atoms with E-state index >= 15 is 0 Å². The number of amides is 1. The van der Waals surface area contributed by atoms with Gasteiger partial charge in [0.1, 0.15) is 12.4 Å². The van der Waals surface area contributed by atoms with Gasteiger partial charge in [0.2, 0.25) is 0 Å². The van der Waals surface area contributed by atoms with Crippen molar-refractivity contribution < 1.29 is 14.1 Å². The molecule has 0 unspecified atom stereocenters. The van der Waals surface area contributed by atoms with Gasteiger partial charge in [-0.05, 0) is 43.5 Å². The molecular formula is C21H25N3O3. The molecule has 0 aliphatic carbocycles. The van der Waals surface area contributed by atoms with Gasteiger partial charge >= 0.3 is 0 Å². The van der Waals surface area contributed by atoms with Gasteiger partial charge in [0.25, 0.3) is 11.6 Å². The lowest BCUT2D eigenvalue weighted by Gasteiger charge is -2.19. The van der Waals surface area contributed by atoms with Gasteiger partial charge in [0.15, 0.2) is 0 Å². The highest BCUT2D eigenvalue weighted by Crippen LogP contribution is 2.26. The quantitative estimate of drug-likeness (QED) is 0.656. The van der Waals surface area contributed by atoms with E-state index in [-0.39, 0.29) is 11.8 Å².